The molecule has 2 aromatic carbocycles. The Morgan fingerprint density at radius 3 is 2.64 bits per heavy atom. The van der Waals surface area contributed by atoms with Crippen molar-refractivity contribution in [3.8, 4) is 22.9 Å². The van der Waals surface area contributed by atoms with E-state index >= 15 is 0 Å². The molecule has 33 heavy (non-hydrogen) atoms. The number of ether oxygens (including phenoxy) is 2. The normalized spacial score (nSPS) is 18.9. The predicted molar refractivity (Wildman–Crippen MR) is 127 cm³/mol. The number of allylic oxidation sites excluding steroid dienone is 2. The maximum Gasteiger partial charge on any atom is 0.226 e. The van der Waals surface area contributed by atoms with Crippen LogP contribution in [0.25, 0.3) is 11.4 Å². The molecule has 0 amide bonds. The van der Waals surface area contributed by atoms with Crippen molar-refractivity contribution in [2.75, 3.05) is 19.5 Å². The number of Topliss-reactive ketones (excluding diaryl/α,β-unsaturated/α-hetero) is 1. The second kappa shape index (κ2) is 7.92. The van der Waals surface area contributed by atoms with Crippen LogP contribution < -0.4 is 14.8 Å². The number of hydrogen-bond acceptors (Lipinski definition) is 6. The van der Waals surface area contributed by atoms with Gasteiger partial charge in [-0.05, 0) is 30.0 Å². The number of halogens is 1. The highest BCUT2D eigenvalue weighted by molar-refractivity contribution is 6.30. The summed E-state index contributed by atoms with van der Waals surface area (Å²) in [5.41, 5.74) is 3.01. The molecule has 0 bridgehead atoms. The molecule has 0 saturated carbocycles. The van der Waals surface area contributed by atoms with Gasteiger partial charge < -0.3 is 14.8 Å². The zero-order chi connectivity index (χ0) is 23.3. The van der Waals surface area contributed by atoms with Crippen LogP contribution in [-0.4, -0.2) is 34.8 Å². The molecule has 0 spiro atoms. The molecule has 3 aromatic rings. The van der Waals surface area contributed by atoms with E-state index in [1.165, 1.54) is 0 Å². The van der Waals surface area contributed by atoms with Gasteiger partial charge in [-0.25, -0.2) is 4.68 Å². The summed E-state index contributed by atoms with van der Waals surface area (Å²) >= 11 is 6.21. The molecule has 1 atom stereocenters. The number of anilines is 1. The molecule has 1 aliphatic heterocycles. The summed E-state index contributed by atoms with van der Waals surface area (Å²) in [4.78, 5) is 18.2. The van der Waals surface area contributed by atoms with E-state index in [-0.39, 0.29) is 11.2 Å². The zero-order valence-corrected chi connectivity index (χ0v) is 19.7. The summed E-state index contributed by atoms with van der Waals surface area (Å²) < 4.78 is 13.0. The van der Waals surface area contributed by atoms with Gasteiger partial charge in [0.05, 0.1) is 14.2 Å². The number of benzene rings is 2. The monoisotopic (exact) mass is 464 g/mol. The molecular weight excluding hydrogens is 440 g/mol. The number of ketones is 1. The maximum atomic E-state index is 13.5. The van der Waals surface area contributed by atoms with E-state index in [9.17, 15) is 4.79 Å². The standard InChI is InChI=1S/C25H25ClN4O3/c1-25(2)12-17-20(18(31)13-25)21(16-9-6-10-19(32-3)22(16)33-4)30-24(27-17)28-23(29-30)14-7-5-8-15(26)11-14/h5-11,21H,12-13H2,1-4H3,(H,27,28,29)/t21-/m0/s1. The molecule has 1 aliphatic carbocycles. The van der Waals surface area contributed by atoms with Crippen molar-refractivity contribution < 1.29 is 14.3 Å². The average Bonchev–Trinajstić information content (AvgIpc) is 3.20. The third-order valence-corrected chi connectivity index (χ3v) is 6.38. The second-order valence-corrected chi connectivity index (χ2v) is 9.59. The fourth-order valence-corrected chi connectivity index (χ4v) is 4.96. The van der Waals surface area contributed by atoms with Crippen molar-refractivity contribution in [1.29, 1.82) is 0 Å². The number of methoxy groups -OCH3 is 2. The highest BCUT2D eigenvalue weighted by atomic mass is 35.5. The Morgan fingerprint density at radius 1 is 1.12 bits per heavy atom. The minimum atomic E-state index is -0.495. The van der Waals surface area contributed by atoms with Crippen LogP contribution in [0, 0.1) is 5.41 Å². The molecule has 8 heteroatoms. The van der Waals surface area contributed by atoms with E-state index in [1.54, 1.807) is 18.9 Å². The first kappa shape index (κ1) is 21.5. The first-order valence-electron chi connectivity index (χ1n) is 10.8. The van der Waals surface area contributed by atoms with Gasteiger partial charge >= 0.3 is 0 Å². The quantitative estimate of drug-likeness (QED) is 0.566. The minimum Gasteiger partial charge on any atom is -0.493 e. The van der Waals surface area contributed by atoms with Gasteiger partial charge in [0.2, 0.25) is 5.95 Å². The Bertz CT molecular complexity index is 1290. The van der Waals surface area contributed by atoms with Crippen LogP contribution >= 0.6 is 11.6 Å². The number of nitrogens with zero attached hydrogens (tertiary/aromatic N) is 3. The van der Waals surface area contributed by atoms with E-state index in [4.69, 9.17) is 31.2 Å². The van der Waals surface area contributed by atoms with Gasteiger partial charge in [0.15, 0.2) is 23.1 Å². The van der Waals surface area contributed by atoms with Crippen molar-refractivity contribution in [2.45, 2.75) is 32.7 Å². The summed E-state index contributed by atoms with van der Waals surface area (Å²) in [6, 6.07) is 12.6. The van der Waals surface area contributed by atoms with E-state index < -0.39 is 6.04 Å². The number of fused-ring (bicyclic) bond motifs is 1. The van der Waals surface area contributed by atoms with Crippen LogP contribution in [0.3, 0.4) is 0 Å². The van der Waals surface area contributed by atoms with E-state index in [1.807, 2.05) is 42.5 Å². The summed E-state index contributed by atoms with van der Waals surface area (Å²) in [6.07, 6.45) is 1.19. The highest BCUT2D eigenvalue weighted by Crippen LogP contribution is 2.48. The van der Waals surface area contributed by atoms with Crippen LogP contribution in [0.4, 0.5) is 5.95 Å². The summed E-state index contributed by atoms with van der Waals surface area (Å²) in [5.74, 6) is 2.36. The molecule has 1 aromatic heterocycles. The molecule has 2 aliphatic rings. The molecule has 0 unspecified atom stereocenters. The van der Waals surface area contributed by atoms with E-state index in [0.29, 0.717) is 40.3 Å². The molecule has 7 nitrogen and oxygen atoms in total. The number of nitrogens with one attached hydrogen (secondary N) is 1. The van der Waals surface area contributed by atoms with E-state index in [0.717, 1.165) is 23.2 Å². The van der Waals surface area contributed by atoms with Gasteiger partial charge in [-0.15, -0.1) is 5.10 Å². The molecule has 1 N–H and O–H groups in total. The van der Waals surface area contributed by atoms with Crippen molar-refractivity contribution in [1.82, 2.24) is 14.8 Å². The summed E-state index contributed by atoms with van der Waals surface area (Å²) in [6.45, 7) is 4.21. The average molecular weight is 465 g/mol. The van der Waals surface area contributed by atoms with Crippen LogP contribution in [-0.2, 0) is 4.79 Å². The fraction of sp³-hybridized carbons (Fsp3) is 0.320. The van der Waals surface area contributed by atoms with Crippen LogP contribution in [0.1, 0.15) is 38.3 Å². The van der Waals surface area contributed by atoms with Crippen molar-refractivity contribution in [3.63, 3.8) is 0 Å². The van der Waals surface area contributed by atoms with Crippen LogP contribution in [0.5, 0.6) is 11.5 Å². The Hall–Kier alpha value is -3.32. The van der Waals surface area contributed by atoms with Crippen LogP contribution in [0.15, 0.2) is 53.7 Å². The third-order valence-electron chi connectivity index (χ3n) is 6.14. The molecule has 5 rings (SSSR count). The van der Waals surface area contributed by atoms with Gasteiger partial charge in [-0.2, -0.15) is 4.98 Å². The smallest absolute Gasteiger partial charge is 0.226 e. The topological polar surface area (TPSA) is 78.3 Å². The lowest BCUT2D eigenvalue weighted by Crippen LogP contribution is -2.36. The van der Waals surface area contributed by atoms with Gasteiger partial charge in [0.25, 0.3) is 0 Å². The lowest BCUT2D eigenvalue weighted by Gasteiger charge is -2.38. The van der Waals surface area contributed by atoms with Crippen molar-refractivity contribution in [3.05, 3.63) is 64.3 Å². The van der Waals surface area contributed by atoms with Gasteiger partial charge in [-0.3, -0.25) is 4.79 Å². The maximum absolute atomic E-state index is 13.5. The van der Waals surface area contributed by atoms with Crippen molar-refractivity contribution in [2.24, 2.45) is 5.41 Å². The van der Waals surface area contributed by atoms with Crippen molar-refractivity contribution >= 4 is 23.3 Å². The molecule has 0 fully saturated rings. The Balaban J connectivity index is 1.74. The first-order valence-corrected chi connectivity index (χ1v) is 11.2. The fourth-order valence-electron chi connectivity index (χ4n) is 4.77. The largest absolute Gasteiger partial charge is 0.493 e. The molecule has 0 saturated heterocycles. The Labute approximate surface area is 197 Å². The lowest BCUT2D eigenvalue weighted by molar-refractivity contribution is -0.118. The second-order valence-electron chi connectivity index (χ2n) is 9.16. The van der Waals surface area contributed by atoms with Gasteiger partial charge in [0, 0.05) is 33.8 Å². The van der Waals surface area contributed by atoms with Gasteiger partial charge in [-0.1, -0.05) is 49.7 Å². The molecular formula is C25H25ClN4O3. The van der Waals surface area contributed by atoms with E-state index in [2.05, 4.69) is 19.2 Å². The van der Waals surface area contributed by atoms with Gasteiger partial charge in [0.1, 0.15) is 6.04 Å². The zero-order valence-electron chi connectivity index (χ0n) is 19.0. The molecule has 0 radical (unpaired) electrons. The highest BCUT2D eigenvalue weighted by Gasteiger charge is 2.43. The minimum absolute atomic E-state index is 0.0917. The summed E-state index contributed by atoms with van der Waals surface area (Å²) in [5, 5.41) is 8.82. The molecule has 170 valence electrons. The number of aromatic nitrogens is 3. The Kier molecular flexibility index (Phi) is 5.16. The lowest BCUT2D eigenvalue weighted by atomic mass is 9.73. The number of carbonyl (C=O) groups is 1. The number of para-hydroxylation sites is 1. The number of hydrogen-bond donors (Lipinski definition) is 1. The summed E-state index contributed by atoms with van der Waals surface area (Å²) in [7, 11) is 3.20. The number of rotatable bonds is 4. The SMILES string of the molecule is COc1cccc([C@H]2C3=C(CC(C)(C)CC3=O)Nc3nc(-c4cccc(Cl)c4)nn32)c1OC. The Morgan fingerprint density at radius 2 is 1.91 bits per heavy atom. The molecule has 2 heterocycles. The third kappa shape index (κ3) is 3.66. The van der Waals surface area contributed by atoms with Crippen LogP contribution in [0.2, 0.25) is 5.02 Å². The predicted octanol–water partition coefficient (Wildman–Crippen LogP) is 5.27. The first-order chi connectivity index (χ1) is 15.8. The number of carbonyl (C=O) groups excluding carboxylic acids is 1.